The molecule has 53 heavy (non-hydrogen) atoms. The van der Waals surface area contributed by atoms with Gasteiger partial charge in [-0.05, 0) is 107 Å². The summed E-state index contributed by atoms with van der Waals surface area (Å²) in [6.07, 6.45) is 5.54. The number of hydrogen-bond acceptors (Lipinski definition) is 10. The van der Waals surface area contributed by atoms with Crippen LogP contribution in [-0.4, -0.2) is 87.0 Å². The molecule has 8 rings (SSSR count). The highest BCUT2D eigenvalue weighted by Crippen LogP contribution is 2.36. The zero-order valence-electron chi connectivity index (χ0n) is 28.3. The zero-order valence-corrected chi connectivity index (χ0v) is 29.9. The fourth-order valence-corrected chi connectivity index (χ4v) is 10.9. The molecule has 4 aliphatic rings. The van der Waals surface area contributed by atoms with E-state index >= 15 is 0 Å². The number of nitrogens with zero attached hydrogens (tertiary/aromatic N) is 3. The lowest BCUT2D eigenvalue weighted by Crippen LogP contribution is -2.31. The fourth-order valence-electron chi connectivity index (χ4n) is 7.07. The Bertz CT molecular complexity index is 2330. The van der Waals surface area contributed by atoms with Crippen molar-refractivity contribution in [2.75, 3.05) is 26.2 Å². The Balaban J connectivity index is 0.000000180. The number of carbonyl (C=O) groups excluding carboxylic acids is 1. The van der Waals surface area contributed by atoms with Gasteiger partial charge in [-0.25, -0.2) is 16.8 Å². The van der Waals surface area contributed by atoms with Gasteiger partial charge in [0.05, 0.1) is 33.4 Å². The molecule has 3 N–H and O–H groups in total. The SMILES string of the molecule is C.C=CC(=O)N1CC[C@H](S(=O)(=O)c2cc(-c3ccc(O)cc3)cc3c2C=NC3)C1.O=S(=O)(c1cc(-c2ccc(O)cc2)cc2c1C=NC2)[C@H]1CCNC1. The second-order valence-electron chi connectivity index (χ2n) is 13.2. The van der Waals surface area contributed by atoms with E-state index in [1.807, 2.05) is 12.1 Å². The molecule has 0 unspecified atom stereocenters. The van der Waals surface area contributed by atoms with Crippen LogP contribution in [0.5, 0.6) is 11.5 Å². The van der Waals surface area contributed by atoms with E-state index in [2.05, 4.69) is 21.9 Å². The second kappa shape index (κ2) is 15.1. The molecule has 0 saturated carbocycles. The molecule has 1 amide bonds. The number of hydrogen-bond donors (Lipinski definition) is 3. The standard InChI is InChI=1S/C21H20N2O4S.C18H18N2O3S.CH4/c1-2-21(25)23-8-7-18(13-23)28(26,27)20-10-15(9-16-11-22-12-19(16)20)14-3-5-17(24)6-4-14;21-15-3-1-12(2-4-15)13-7-14-9-20-11-17(14)18(8-13)24(22,23)16-5-6-19-10-16;/h2-6,9-10,12,18,24H,1,7-8,11,13H2;1-4,7-8,11,16,19,21H,5-6,9-10H2;1H4/t18-;16-;/m00./s1. The summed E-state index contributed by atoms with van der Waals surface area (Å²) in [4.78, 5) is 22.5. The Labute approximate surface area is 310 Å². The van der Waals surface area contributed by atoms with E-state index in [0.29, 0.717) is 49.5 Å². The van der Waals surface area contributed by atoms with Crippen LogP contribution in [0.15, 0.2) is 105 Å². The van der Waals surface area contributed by atoms with Gasteiger partial charge >= 0.3 is 0 Å². The number of phenols is 2. The van der Waals surface area contributed by atoms with Crippen molar-refractivity contribution in [2.45, 2.75) is 53.6 Å². The molecule has 11 nitrogen and oxygen atoms in total. The van der Waals surface area contributed by atoms with Crippen molar-refractivity contribution in [1.29, 1.82) is 0 Å². The van der Waals surface area contributed by atoms with Gasteiger partial charge in [0.1, 0.15) is 11.5 Å². The third-order valence-corrected chi connectivity index (χ3v) is 14.4. The highest BCUT2D eigenvalue weighted by molar-refractivity contribution is 7.92. The lowest BCUT2D eigenvalue weighted by molar-refractivity contribution is -0.124. The highest BCUT2D eigenvalue weighted by atomic mass is 32.2. The molecule has 0 bridgehead atoms. The molecule has 2 atom stereocenters. The second-order valence-corrected chi connectivity index (χ2v) is 17.6. The van der Waals surface area contributed by atoms with E-state index in [4.69, 9.17) is 0 Å². The van der Waals surface area contributed by atoms with E-state index in [-0.39, 0.29) is 41.5 Å². The molecule has 0 aliphatic carbocycles. The fraction of sp³-hybridized carbons (Fsp3) is 0.275. The predicted molar refractivity (Wildman–Crippen MR) is 207 cm³/mol. The number of sulfone groups is 2. The predicted octanol–water partition coefficient (Wildman–Crippen LogP) is 5.32. The summed E-state index contributed by atoms with van der Waals surface area (Å²) >= 11 is 0. The maximum atomic E-state index is 13.4. The van der Waals surface area contributed by atoms with Crippen LogP contribution >= 0.6 is 0 Å². The van der Waals surface area contributed by atoms with Crippen molar-refractivity contribution < 1.29 is 31.8 Å². The maximum Gasteiger partial charge on any atom is 0.245 e. The number of amides is 1. The molecule has 0 radical (unpaired) electrons. The first-order chi connectivity index (χ1) is 24.9. The van der Waals surface area contributed by atoms with Gasteiger partial charge in [0.2, 0.25) is 5.91 Å². The van der Waals surface area contributed by atoms with Gasteiger partial charge in [-0.2, -0.15) is 0 Å². The molecule has 4 aromatic rings. The van der Waals surface area contributed by atoms with Crippen LogP contribution in [0.1, 0.15) is 42.5 Å². The van der Waals surface area contributed by atoms with Gasteiger partial charge in [0.25, 0.3) is 0 Å². The molecule has 0 spiro atoms. The number of aliphatic imine (C=N–C) groups is 2. The minimum Gasteiger partial charge on any atom is -0.508 e. The number of benzene rings is 4. The number of rotatable bonds is 7. The summed E-state index contributed by atoms with van der Waals surface area (Å²) in [6.45, 7) is 6.23. The zero-order chi connectivity index (χ0) is 36.6. The number of carbonyl (C=O) groups is 1. The molecular weight excluding hydrogens is 713 g/mol. The van der Waals surface area contributed by atoms with Crippen molar-refractivity contribution in [2.24, 2.45) is 9.98 Å². The van der Waals surface area contributed by atoms with Crippen molar-refractivity contribution in [1.82, 2.24) is 10.2 Å². The van der Waals surface area contributed by atoms with E-state index in [0.717, 1.165) is 45.5 Å². The van der Waals surface area contributed by atoms with Crippen LogP contribution < -0.4 is 5.32 Å². The molecule has 2 saturated heterocycles. The van der Waals surface area contributed by atoms with Gasteiger partial charge in [-0.3, -0.25) is 14.8 Å². The van der Waals surface area contributed by atoms with Crippen LogP contribution in [0.25, 0.3) is 22.3 Å². The first-order valence-electron chi connectivity index (χ1n) is 17.0. The topological polar surface area (TPSA) is 166 Å². The molecule has 4 aromatic carbocycles. The lowest BCUT2D eigenvalue weighted by atomic mass is 10.0. The largest absolute Gasteiger partial charge is 0.508 e. The number of fused-ring (bicyclic) bond motifs is 2. The maximum absolute atomic E-state index is 13.4. The van der Waals surface area contributed by atoms with Crippen LogP contribution in [0, 0.1) is 0 Å². The van der Waals surface area contributed by atoms with Gasteiger partial charge in [-0.15, -0.1) is 0 Å². The average Bonchev–Trinajstić information content (AvgIpc) is 3.99. The molecular formula is C40H42N4O7S2. The Hall–Kier alpha value is -5.11. The van der Waals surface area contributed by atoms with Gasteiger partial charge in [-0.1, -0.05) is 38.3 Å². The normalized spacial score (nSPS) is 18.5. The quantitative estimate of drug-likeness (QED) is 0.214. The third-order valence-electron chi connectivity index (χ3n) is 9.96. The molecule has 4 aliphatic heterocycles. The molecule has 276 valence electrons. The third kappa shape index (κ3) is 7.41. The summed E-state index contributed by atoms with van der Waals surface area (Å²) in [5.41, 5.74) is 6.46. The van der Waals surface area contributed by atoms with Crippen molar-refractivity contribution in [3.8, 4) is 33.8 Å². The van der Waals surface area contributed by atoms with Crippen molar-refractivity contribution in [3.63, 3.8) is 0 Å². The Morgan fingerprint density at radius 1 is 0.736 bits per heavy atom. The van der Waals surface area contributed by atoms with E-state index < -0.39 is 24.9 Å². The van der Waals surface area contributed by atoms with Crippen molar-refractivity contribution >= 4 is 38.0 Å². The number of phenolic OH excluding ortho intramolecular Hbond substituents is 2. The Kier molecular flexibility index (Phi) is 10.7. The summed E-state index contributed by atoms with van der Waals surface area (Å²) in [5.74, 6) is 0.0921. The smallest absolute Gasteiger partial charge is 0.245 e. The van der Waals surface area contributed by atoms with E-state index in [1.165, 1.54) is 11.0 Å². The molecule has 13 heteroatoms. The Morgan fingerprint density at radius 3 is 1.68 bits per heavy atom. The summed E-state index contributed by atoms with van der Waals surface area (Å²) < 4.78 is 53.0. The average molecular weight is 755 g/mol. The lowest BCUT2D eigenvalue weighted by Gasteiger charge is -2.17. The monoisotopic (exact) mass is 754 g/mol. The first kappa shape index (κ1) is 37.6. The summed E-state index contributed by atoms with van der Waals surface area (Å²) in [5, 5.41) is 21.1. The van der Waals surface area contributed by atoms with Crippen LogP contribution in [0.2, 0.25) is 0 Å². The molecule has 0 aromatic heterocycles. The van der Waals surface area contributed by atoms with Crippen LogP contribution in [0.3, 0.4) is 0 Å². The molecule has 4 heterocycles. The van der Waals surface area contributed by atoms with Crippen LogP contribution in [-0.2, 0) is 37.6 Å². The van der Waals surface area contributed by atoms with E-state index in [1.54, 1.807) is 73.1 Å². The summed E-state index contributed by atoms with van der Waals surface area (Å²) in [7, 11) is -7.05. The Morgan fingerprint density at radius 2 is 1.23 bits per heavy atom. The summed E-state index contributed by atoms with van der Waals surface area (Å²) in [6, 6.07) is 20.8. The van der Waals surface area contributed by atoms with Gasteiger partial charge in [0.15, 0.2) is 19.7 Å². The van der Waals surface area contributed by atoms with Crippen LogP contribution in [0.4, 0.5) is 0 Å². The highest BCUT2D eigenvalue weighted by Gasteiger charge is 2.38. The van der Waals surface area contributed by atoms with Crippen molar-refractivity contribution in [3.05, 3.63) is 108 Å². The first-order valence-corrected chi connectivity index (χ1v) is 20.1. The number of likely N-dealkylation sites (tertiary alicyclic amines) is 1. The number of nitrogens with one attached hydrogen (secondary N) is 1. The number of aromatic hydroxyl groups is 2. The van der Waals surface area contributed by atoms with Gasteiger partial charge < -0.3 is 20.4 Å². The molecule has 2 fully saturated rings. The van der Waals surface area contributed by atoms with Gasteiger partial charge in [0, 0.05) is 43.2 Å². The minimum absolute atomic E-state index is 0. The minimum atomic E-state index is -3.65. The van der Waals surface area contributed by atoms with E-state index in [9.17, 15) is 31.8 Å².